The minimum atomic E-state index is -0.871. The van der Waals surface area contributed by atoms with Crippen LogP contribution < -0.4 is 0 Å². The summed E-state index contributed by atoms with van der Waals surface area (Å²) >= 11 is 0. The smallest absolute Gasteiger partial charge is 0.295 e. The lowest BCUT2D eigenvalue weighted by molar-refractivity contribution is -0.140. The summed E-state index contributed by atoms with van der Waals surface area (Å²) in [6, 6.07) is 4.96. The van der Waals surface area contributed by atoms with E-state index in [1.165, 1.54) is 17.0 Å². The maximum Gasteiger partial charge on any atom is 0.295 e. The molecular weight excluding hydrogens is 427 g/mol. The van der Waals surface area contributed by atoms with Crippen molar-refractivity contribution in [1.82, 2.24) is 19.6 Å². The topological polar surface area (TPSA) is 87.9 Å². The zero-order valence-corrected chi connectivity index (χ0v) is 19.2. The molecule has 2 aliphatic rings. The van der Waals surface area contributed by atoms with Gasteiger partial charge < -0.3 is 14.7 Å². The van der Waals surface area contributed by atoms with Crippen LogP contribution in [-0.2, 0) is 21.4 Å². The molecule has 0 bridgehead atoms. The second-order valence-electron chi connectivity index (χ2n) is 8.52. The molecule has 0 unspecified atom stereocenters. The monoisotopic (exact) mass is 456 g/mol. The Kier molecular flexibility index (Phi) is 6.62. The van der Waals surface area contributed by atoms with E-state index in [0.29, 0.717) is 48.7 Å². The van der Waals surface area contributed by atoms with Crippen molar-refractivity contribution in [1.29, 1.82) is 0 Å². The van der Waals surface area contributed by atoms with E-state index in [-0.39, 0.29) is 11.3 Å². The average molecular weight is 457 g/mol. The third kappa shape index (κ3) is 4.43. The van der Waals surface area contributed by atoms with Crippen LogP contribution in [0.2, 0.25) is 0 Å². The molecule has 1 aromatic heterocycles. The Balaban J connectivity index is 1.72. The van der Waals surface area contributed by atoms with Crippen LogP contribution in [-0.4, -0.2) is 75.8 Å². The van der Waals surface area contributed by atoms with Crippen LogP contribution in [0.25, 0.3) is 5.76 Å². The fourth-order valence-electron chi connectivity index (χ4n) is 4.67. The van der Waals surface area contributed by atoms with Gasteiger partial charge >= 0.3 is 0 Å². The van der Waals surface area contributed by atoms with Crippen molar-refractivity contribution in [2.24, 2.45) is 7.05 Å². The molecule has 0 saturated carbocycles. The number of ether oxygens (including phenoxy) is 1. The Labute approximate surface area is 192 Å². The fourth-order valence-corrected chi connectivity index (χ4v) is 4.67. The van der Waals surface area contributed by atoms with Crippen molar-refractivity contribution in [3.63, 3.8) is 0 Å². The first-order valence-corrected chi connectivity index (χ1v) is 11.1. The second kappa shape index (κ2) is 9.44. The third-order valence-electron chi connectivity index (χ3n) is 6.43. The normalized spacial score (nSPS) is 21.2. The van der Waals surface area contributed by atoms with Gasteiger partial charge in [0.25, 0.3) is 11.7 Å². The Bertz CT molecular complexity index is 1100. The number of aliphatic hydroxyl groups excluding tert-OH is 1. The number of nitrogens with zero attached hydrogens (tertiary/aromatic N) is 4. The Morgan fingerprint density at radius 3 is 2.58 bits per heavy atom. The van der Waals surface area contributed by atoms with Crippen molar-refractivity contribution in [2.45, 2.75) is 26.3 Å². The lowest BCUT2D eigenvalue weighted by Gasteiger charge is -2.29. The number of amides is 1. The van der Waals surface area contributed by atoms with Crippen molar-refractivity contribution < 1.29 is 23.8 Å². The summed E-state index contributed by atoms with van der Waals surface area (Å²) in [5.74, 6) is -2.20. The van der Waals surface area contributed by atoms with Gasteiger partial charge in [0, 0.05) is 38.9 Å². The lowest BCUT2D eigenvalue weighted by atomic mass is 9.94. The first kappa shape index (κ1) is 23.1. The third-order valence-corrected chi connectivity index (χ3v) is 6.43. The SMILES string of the molecule is Cc1nn(C)c(C)c1/C(O)=C1\C(=O)C(=O)N(CCCN2CCOCC2)[C@H]1c1cccc(F)c1. The van der Waals surface area contributed by atoms with Gasteiger partial charge in [0.2, 0.25) is 0 Å². The number of aryl methyl sites for hydroxylation is 2. The van der Waals surface area contributed by atoms with Gasteiger partial charge in [-0.05, 0) is 38.0 Å². The van der Waals surface area contributed by atoms with E-state index >= 15 is 0 Å². The molecule has 176 valence electrons. The van der Waals surface area contributed by atoms with Gasteiger partial charge in [0.05, 0.1) is 36.1 Å². The summed E-state index contributed by atoms with van der Waals surface area (Å²) in [5.41, 5.74) is 2.05. The standard InChI is InChI=1S/C24H29FN4O4/c1-15-19(16(2)27(3)26-15)22(30)20-21(17-6-4-7-18(25)14-17)29(24(32)23(20)31)9-5-8-28-10-12-33-13-11-28/h4,6-7,14,21,30H,5,8-13H2,1-3H3/b22-20+/t21-/m0/s1. The average Bonchev–Trinajstić information content (AvgIpc) is 3.20. The van der Waals surface area contributed by atoms with Crippen LogP contribution in [0.1, 0.15) is 35.0 Å². The van der Waals surface area contributed by atoms with E-state index in [4.69, 9.17) is 4.74 Å². The molecule has 1 N–H and O–H groups in total. The molecule has 2 fully saturated rings. The fraction of sp³-hybridized carbons (Fsp3) is 0.458. The molecule has 1 atom stereocenters. The predicted molar refractivity (Wildman–Crippen MR) is 120 cm³/mol. The number of hydrogen-bond acceptors (Lipinski definition) is 6. The minimum absolute atomic E-state index is 0.0313. The molecule has 1 amide bonds. The number of aliphatic hydroxyl groups is 1. The van der Waals surface area contributed by atoms with Gasteiger partial charge in [-0.15, -0.1) is 0 Å². The Hall–Kier alpha value is -3.04. The molecule has 2 aliphatic heterocycles. The van der Waals surface area contributed by atoms with Gasteiger partial charge in [-0.3, -0.25) is 19.2 Å². The van der Waals surface area contributed by atoms with Crippen molar-refractivity contribution >= 4 is 17.4 Å². The van der Waals surface area contributed by atoms with Crippen molar-refractivity contribution in [3.8, 4) is 0 Å². The van der Waals surface area contributed by atoms with Gasteiger partial charge in [-0.1, -0.05) is 12.1 Å². The number of carbonyl (C=O) groups is 2. The van der Waals surface area contributed by atoms with Gasteiger partial charge in [-0.25, -0.2) is 4.39 Å². The van der Waals surface area contributed by atoms with E-state index in [1.54, 1.807) is 37.7 Å². The van der Waals surface area contributed by atoms with Gasteiger partial charge in [0.1, 0.15) is 11.6 Å². The molecule has 9 heteroatoms. The molecule has 1 aromatic carbocycles. The molecule has 2 saturated heterocycles. The number of hydrogen-bond donors (Lipinski definition) is 1. The summed E-state index contributed by atoms with van der Waals surface area (Å²) in [6.45, 7) is 7.59. The van der Waals surface area contributed by atoms with Crippen LogP contribution in [0, 0.1) is 19.7 Å². The molecule has 3 heterocycles. The quantitative estimate of drug-likeness (QED) is 0.408. The van der Waals surface area contributed by atoms with E-state index < -0.39 is 23.5 Å². The van der Waals surface area contributed by atoms with Crippen LogP contribution in [0.5, 0.6) is 0 Å². The molecule has 2 aromatic rings. The first-order chi connectivity index (χ1) is 15.8. The zero-order valence-electron chi connectivity index (χ0n) is 19.2. The highest BCUT2D eigenvalue weighted by Crippen LogP contribution is 2.40. The van der Waals surface area contributed by atoms with Crippen molar-refractivity contribution in [2.75, 3.05) is 39.4 Å². The second-order valence-corrected chi connectivity index (χ2v) is 8.52. The highest BCUT2D eigenvalue weighted by Gasteiger charge is 2.46. The minimum Gasteiger partial charge on any atom is -0.507 e. The van der Waals surface area contributed by atoms with E-state index in [2.05, 4.69) is 10.00 Å². The summed E-state index contributed by atoms with van der Waals surface area (Å²) < 4.78 is 21.1. The summed E-state index contributed by atoms with van der Waals surface area (Å²) in [4.78, 5) is 29.9. The Morgan fingerprint density at radius 2 is 1.94 bits per heavy atom. The number of Topliss-reactive ketones (excluding diaryl/α,β-unsaturated/α-hetero) is 1. The van der Waals surface area contributed by atoms with E-state index in [9.17, 15) is 19.1 Å². The van der Waals surface area contributed by atoms with Gasteiger partial charge in [0.15, 0.2) is 0 Å². The molecule has 4 rings (SSSR count). The largest absolute Gasteiger partial charge is 0.507 e. The van der Waals surface area contributed by atoms with E-state index in [1.807, 2.05) is 0 Å². The number of carbonyl (C=O) groups excluding carboxylic acids is 2. The lowest BCUT2D eigenvalue weighted by Crippen LogP contribution is -2.39. The summed E-state index contributed by atoms with van der Waals surface area (Å²) in [6.07, 6.45) is 0.643. The van der Waals surface area contributed by atoms with Crippen LogP contribution in [0.15, 0.2) is 29.8 Å². The number of benzene rings is 1. The number of likely N-dealkylation sites (tertiary alicyclic amines) is 1. The molecule has 0 radical (unpaired) electrons. The summed E-state index contributed by atoms with van der Waals surface area (Å²) in [7, 11) is 1.74. The molecular formula is C24H29FN4O4. The van der Waals surface area contributed by atoms with E-state index in [0.717, 1.165) is 19.6 Å². The molecule has 0 spiro atoms. The highest BCUT2D eigenvalue weighted by atomic mass is 19.1. The maximum absolute atomic E-state index is 14.1. The number of rotatable bonds is 6. The number of morpholine rings is 1. The first-order valence-electron chi connectivity index (χ1n) is 11.1. The van der Waals surface area contributed by atoms with Crippen LogP contribution in [0.4, 0.5) is 4.39 Å². The number of halogens is 1. The predicted octanol–water partition coefficient (Wildman–Crippen LogP) is 2.32. The molecule has 8 nitrogen and oxygen atoms in total. The molecule has 0 aliphatic carbocycles. The highest BCUT2D eigenvalue weighted by molar-refractivity contribution is 6.46. The van der Waals surface area contributed by atoms with Crippen molar-refractivity contribution in [3.05, 3.63) is 58.2 Å². The molecule has 33 heavy (non-hydrogen) atoms. The Morgan fingerprint density at radius 1 is 1.21 bits per heavy atom. The number of ketones is 1. The van der Waals surface area contributed by atoms with Gasteiger partial charge in [-0.2, -0.15) is 5.10 Å². The number of aromatic nitrogens is 2. The van der Waals surface area contributed by atoms with Crippen LogP contribution >= 0.6 is 0 Å². The van der Waals surface area contributed by atoms with Crippen LogP contribution in [0.3, 0.4) is 0 Å². The maximum atomic E-state index is 14.1. The summed E-state index contributed by atoms with van der Waals surface area (Å²) in [5, 5.41) is 15.6. The zero-order chi connectivity index (χ0) is 23.7.